The van der Waals surface area contributed by atoms with Gasteiger partial charge in [0.25, 0.3) is 0 Å². The first-order valence-electron chi connectivity index (χ1n) is 8.50. The number of hydrogen-bond acceptors (Lipinski definition) is 5. The minimum absolute atomic E-state index is 0.0148. The molecule has 134 valence electrons. The summed E-state index contributed by atoms with van der Waals surface area (Å²) >= 11 is 0. The van der Waals surface area contributed by atoms with Crippen LogP contribution in [0.15, 0.2) is 41.6 Å². The minimum Gasteiger partial charge on any atom is -0.463 e. The lowest BCUT2D eigenvalue weighted by Gasteiger charge is -2.34. The van der Waals surface area contributed by atoms with Crippen molar-refractivity contribution < 1.29 is 19.1 Å². The number of hydrogen-bond donors (Lipinski definition) is 2. The van der Waals surface area contributed by atoms with Crippen LogP contribution in [0.3, 0.4) is 0 Å². The Morgan fingerprint density at radius 3 is 2.92 bits per heavy atom. The molecule has 2 aliphatic rings. The van der Waals surface area contributed by atoms with Crippen molar-refractivity contribution in [2.24, 2.45) is 0 Å². The van der Waals surface area contributed by atoms with Crippen molar-refractivity contribution >= 4 is 12.0 Å². The van der Waals surface area contributed by atoms with E-state index in [9.17, 15) is 9.59 Å². The Kier molecular flexibility index (Phi) is 5.67. The van der Waals surface area contributed by atoms with E-state index in [4.69, 9.17) is 9.47 Å². The predicted molar refractivity (Wildman–Crippen MR) is 91.8 cm³/mol. The van der Waals surface area contributed by atoms with Crippen molar-refractivity contribution in [2.75, 3.05) is 39.4 Å². The monoisotopic (exact) mass is 345 g/mol. The average molecular weight is 345 g/mol. The van der Waals surface area contributed by atoms with Gasteiger partial charge in [-0.2, -0.15) is 0 Å². The highest BCUT2D eigenvalue weighted by Gasteiger charge is 2.28. The van der Waals surface area contributed by atoms with Crippen molar-refractivity contribution in [1.29, 1.82) is 0 Å². The Balaban J connectivity index is 1.72. The minimum atomic E-state index is -0.391. The van der Waals surface area contributed by atoms with Crippen molar-refractivity contribution in [2.45, 2.75) is 13.0 Å². The van der Waals surface area contributed by atoms with Crippen LogP contribution < -0.4 is 10.6 Å². The molecular formula is C18H23N3O4. The maximum atomic E-state index is 12.1. The van der Waals surface area contributed by atoms with E-state index >= 15 is 0 Å². The van der Waals surface area contributed by atoms with Gasteiger partial charge >= 0.3 is 12.0 Å². The molecule has 25 heavy (non-hydrogen) atoms. The molecular weight excluding hydrogens is 322 g/mol. The van der Waals surface area contributed by atoms with Crippen LogP contribution in [0.5, 0.6) is 0 Å². The largest absolute Gasteiger partial charge is 0.463 e. The third-order valence-corrected chi connectivity index (χ3v) is 4.28. The Labute approximate surface area is 147 Å². The number of nitrogens with one attached hydrogen (secondary N) is 2. The molecule has 1 saturated heterocycles. The summed E-state index contributed by atoms with van der Waals surface area (Å²) in [4.78, 5) is 26.0. The zero-order valence-electron chi connectivity index (χ0n) is 14.3. The number of morpholine rings is 1. The fourth-order valence-corrected chi connectivity index (χ4v) is 3.02. The molecule has 0 aliphatic carbocycles. The Hall–Kier alpha value is -2.38. The van der Waals surface area contributed by atoms with Gasteiger partial charge in [-0.3, -0.25) is 4.90 Å². The van der Waals surface area contributed by atoms with Crippen molar-refractivity contribution in [3.05, 3.63) is 47.2 Å². The molecule has 0 aromatic heterocycles. The van der Waals surface area contributed by atoms with Crippen LogP contribution in [0, 0.1) is 0 Å². The number of rotatable bonds is 5. The van der Waals surface area contributed by atoms with Crippen molar-refractivity contribution in [3.8, 4) is 0 Å². The fraction of sp³-hybridized carbons (Fsp3) is 0.444. The SMILES string of the molecule is CCOC(=O)C1=C(CN2CCO[C@H](c3ccccc3)C2)NC(=O)NC1. The third kappa shape index (κ3) is 4.37. The molecule has 0 unspecified atom stereocenters. The highest BCUT2D eigenvalue weighted by molar-refractivity contribution is 5.93. The first kappa shape index (κ1) is 17.4. The van der Waals surface area contributed by atoms with Gasteiger partial charge in [0.15, 0.2) is 0 Å². The van der Waals surface area contributed by atoms with Crippen LogP contribution in [-0.2, 0) is 14.3 Å². The zero-order chi connectivity index (χ0) is 17.6. The molecule has 3 rings (SSSR count). The molecule has 0 spiro atoms. The number of esters is 1. The number of amides is 2. The van der Waals surface area contributed by atoms with E-state index in [-0.39, 0.29) is 18.7 Å². The molecule has 1 aromatic carbocycles. The van der Waals surface area contributed by atoms with Crippen LogP contribution in [0.1, 0.15) is 18.6 Å². The summed E-state index contributed by atoms with van der Waals surface area (Å²) in [6.45, 7) is 4.78. The summed E-state index contributed by atoms with van der Waals surface area (Å²) < 4.78 is 11.0. The standard InChI is InChI=1S/C18H23N3O4/c1-2-24-17(22)14-10-19-18(23)20-15(14)11-21-8-9-25-16(12-21)13-6-4-3-5-7-13/h3-7,16H,2,8-12H2,1H3,(H2,19,20,23)/t16-/m0/s1. The van der Waals surface area contributed by atoms with E-state index in [0.29, 0.717) is 37.6 Å². The second-order valence-corrected chi connectivity index (χ2v) is 5.99. The van der Waals surface area contributed by atoms with Gasteiger partial charge in [-0.1, -0.05) is 30.3 Å². The molecule has 1 aromatic rings. The summed E-state index contributed by atoms with van der Waals surface area (Å²) in [5.41, 5.74) is 2.21. The summed E-state index contributed by atoms with van der Waals surface area (Å²) in [6, 6.07) is 9.76. The van der Waals surface area contributed by atoms with Crippen LogP contribution in [0.4, 0.5) is 4.79 Å². The molecule has 1 fully saturated rings. The Morgan fingerprint density at radius 1 is 1.36 bits per heavy atom. The zero-order valence-corrected chi connectivity index (χ0v) is 14.3. The third-order valence-electron chi connectivity index (χ3n) is 4.28. The fourth-order valence-electron chi connectivity index (χ4n) is 3.02. The number of ether oxygens (including phenoxy) is 2. The topological polar surface area (TPSA) is 79.9 Å². The second kappa shape index (κ2) is 8.13. The molecule has 7 nitrogen and oxygen atoms in total. The maximum Gasteiger partial charge on any atom is 0.337 e. The quantitative estimate of drug-likeness (QED) is 0.784. The van der Waals surface area contributed by atoms with Crippen LogP contribution in [0.2, 0.25) is 0 Å². The van der Waals surface area contributed by atoms with Gasteiger partial charge in [0.1, 0.15) is 0 Å². The molecule has 2 aliphatic heterocycles. The molecule has 2 amide bonds. The predicted octanol–water partition coefficient (Wildman–Crippen LogP) is 1.19. The van der Waals surface area contributed by atoms with E-state index in [1.165, 1.54) is 0 Å². The Bertz CT molecular complexity index is 660. The van der Waals surface area contributed by atoms with E-state index in [1.807, 2.05) is 30.3 Å². The highest BCUT2D eigenvalue weighted by Crippen LogP contribution is 2.23. The summed E-state index contributed by atoms with van der Waals surface area (Å²) in [5, 5.41) is 5.38. The first-order valence-corrected chi connectivity index (χ1v) is 8.50. The number of carbonyl (C=O) groups excluding carboxylic acids is 2. The van der Waals surface area contributed by atoms with Gasteiger partial charge in [0.2, 0.25) is 0 Å². The smallest absolute Gasteiger partial charge is 0.337 e. The van der Waals surface area contributed by atoms with E-state index in [2.05, 4.69) is 15.5 Å². The van der Waals surface area contributed by atoms with Gasteiger partial charge in [-0.25, -0.2) is 9.59 Å². The average Bonchev–Trinajstić information content (AvgIpc) is 2.63. The van der Waals surface area contributed by atoms with Crippen LogP contribution in [-0.4, -0.2) is 56.3 Å². The lowest BCUT2D eigenvalue weighted by Crippen LogP contribution is -2.48. The second-order valence-electron chi connectivity index (χ2n) is 5.99. The highest BCUT2D eigenvalue weighted by atomic mass is 16.5. The molecule has 0 bridgehead atoms. The lowest BCUT2D eigenvalue weighted by atomic mass is 10.1. The van der Waals surface area contributed by atoms with Crippen LogP contribution >= 0.6 is 0 Å². The number of nitrogens with zero attached hydrogens (tertiary/aromatic N) is 1. The number of urea groups is 1. The summed E-state index contributed by atoms with van der Waals surface area (Å²) in [6.07, 6.45) is -0.0148. The molecule has 7 heteroatoms. The van der Waals surface area contributed by atoms with E-state index in [0.717, 1.165) is 12.1 Å². The summed E-state index contributed by atoms with van der Waals surface area (Å²) in [7, 11) is 0. The molecule has 0 radical (unpaired) electrons. The van der Waals surface area contributed by atoms with Gasteiger partial charge in [-0.15, -0.1) is 0 Å². The van der Waals surface area contributed by atoms with E-state index < -0.39 is 5.97 Å². The molecule has 0 saturated carbocycles. The van der Waals surface area contributed by atoms with E-state index in [1.54, 1.807) is 6.92 Å². The first-order chi connectivity index (χ1) is 12.2. The molecule has 2 heterocycles. The van der Waals surface area contributed by atoms with Gasteiger partial charge in [-0.05, 0) is 12.5 Å². The number of carbonyl (C=O) groups is 2. The Morgan fingerprint density at radius 2 is 2.16 bits per heavy atom. The van der Waals surface area contributed by atoms with Gasteiger partial charge in [0.05, 0.1) is 31.4 Å². The number of benzene rings is 1. The lowest BCUT2D eigenvalue weighted by molar-refractivity contribution is -0.138. The van der Waals surface area contributed by atoms with Crippen molar-refractivity contribution in [1.82, 2.24) is 15.5 Å². The van der Waals surface area contributed by atoms with Gasteiger partial charge in [0, 0.05) is 25.3 Å². The summed E-state index contributed by atoms with van der Waals surface area (Å²) in [5.74, 6) is -0.391. The molecule has 2 N–H and O–H groups in total. The van der Waals surface area contributed by atoms with Crippen molar-refractivity contribution in [3.63, 3.8) is 0 Å². The normalized spacial score (nSPS) is 21.5. The maximum absolute atomic E-state index is 12.1. The molecule has 1 atom stereocenters. The van der Waals surface area contributed by atoms with Crippen LogP contribution in [0.25, 0.3) is 0 Å². The van der Waals surface area contributed by atoms with Gasteiger partial charge < -0.3 is 20.1 Å².